The Hall–Kier alpha value is -2.42. The second-order valence-corrected chi connectivity index (χ2v) is 7.55. The molecule has 130 valence electrons. The summed E-state index contributed by atoms with van der Waals surface area (Å²) in [7, 11) is -3.98. The normalized spacial score (nSPS) is 16.8. The summed E-state index contributed by atoms with van der Waals surface area (Å²) in [5.41, 5.74) is -0.0120. The number of hydrogen-bond donors (Lipinski definition) is 2. The first-order chi connectivity index (χ1) is 11.1. The smallest absolute Gasteiger partial charge is 0.326 e. The van der Waals surface area contributed by atoms with E-state index in [1.165, 1.54) is 19.1 Å². The molecule has 0 radical (unpaired) electrons. The molecule has 0 saturated heterocycles. The number of benzene rings is 1. The molecule has 24 heavy (non-hydrogen) atoms. The maximum atomic E-state index is 12.3. The van der Waals surface area contributed by atoms with Crippen molar-refractivity contribution in [3.05, 3.63) is 29.3 Å². The highest BCUT2D eigenvalue weighted by Gasteiger charge is 2.40. The Morgan fingerprint density at radius 2 is 1.92 bits per heavy atom. The van der Waals surface area contributed by atoms with Gasteiger partial charge in [0.2, 0.25) is 0 Å². The Balaban J connectivity index is 2.38. The van der Waals surface area contributed by atoms with Gasteiger partial charge in [-0.25, -0.2) is 17.5 Å². The minimum absolute atomic E-state index is 0.00652. The molecule has 2 rings (SSSR count). The highest BCUT2D eigenvalue weighted by molar-refractivity contribution is 7.90. The lowest BCUT2D eigenvalue weighted by Gasteiger charge is -2.18. The van der Waals surface area contributed by atoms with E-state index >= 15 is 0 Å². The number of carboxylic acid groups (broad SMARTS) is 1. The van der Waals surface area contributed by atoms with Gasteiger partial charge in [0.25, 0.3) is 21.8 Å². The Morgan fingerprint density at radius 3 is 2.42 bits per heavy atom. The van der Waals surface area contributed by atoms with Crippen LogP contribution in [0.2, 0.25) is 0 Å². The van der Waals surface area contributed by atoms with Gasteiger partial charge >= 0.3 is 5.97 Å². The molecule has 0 fully saturated rings. The van der Waals surface area contributed by atoms with Crippen LogP contribution in [0.15, 0.2) is 23.1 Å². The van der Waals surface area contributed by atoms with Crippen LogP contribution in [-0.2, 0) is 14.8 Å². The van der Waals surface area contributed by atoms with E-state index in [0.717, 1.165) is 10.4 Å². The number of nitrogens with one attached hydrogen (secondary N) is 1. The summed E-state index contributed by atoms with van der Waals surface area (Å²) >= 11 is 0. The zero-order chi connectivity index (χ0) is 18.2. The Morgan fingerprint density at radius 1 is 1.29 bits per heavy atom. The number of rotatable bonds is 5. The first-order valence-electron chi connectivity index (χ1n) is 7.36. The van der Waals surface area contributed by atoms with Crippen LogP contribution in [0.1, 0.15) is 41.5 Å². The molecule has 0 aromatic heterocycles. The van der Waals surface area contributed by atoms with Crippen LogP contribution in [0.25, 0.3) is 0 Å². The predicted molar refractivity (Wildman–Crippen MR) is 84.1 cm³/mol. The van der Waals surface area contributed by atoms with Gasteiger partial charge in [-0.1, -0.05) is 13.8 Å². The molecule has 1 atom stereocenters. The van der Waals surface area contributed by atoms with Gasteiger partial charge in [-0.3, -0.25) is 9.59 Å². The second-order valence-electron chi connectivity index (χ2n) is 5.72. The Kier molecular flexibility index (Phi) is 4.66. The summed E-state index contributed by atoms with van der Waals surface area (Å²) < 4.78 is 25.4. The maximum Gasteiger partial charge on any atom is 0.326 e. The molecule has 1 aromatic rings. The van der Waals surface area contributed by atoms with Crippen LogP contribution in [0.5, 0.6) is 0 Å². The molecule has 1 heterocycles. The van der Waals surface area contributed by atoms with Gasteiger partial charge < -0.3 is 10.4 Å². The van der Waals surface area contributed by atoms with Gasteiger partial charge in [-0.05, 0) is 31.0 Å². The van der Waals surface area contributed by atoms with Crippen LogP contribution in [0.4, 0.5) is 0 Å². The van der Waals surface area contributed by atoms with Crippen LogP contribution in [-0.4, -0.2) is 48.2 Å². The maximum absolute atomic E-state index is 12.3. The lowest BCUT2D eigenvalue weighted by molar-refractivity contribution is -0.140. The van der Waals surface area contributed by atoms with Crippen molar-refractivity contribution in [1.82, 2.24) is 9.62 Å². The van der Waals surface area contributed by atoms with E-state index in [1.54, 1.807) is 13.8 Å². The fourth-order valence-electron chi connectivity index (χ4n) is 2.47. The zero-order valence-electron chi connectivity index (χ0n) is 13.4. The highest BCUT2D eigenvalue weighted by atomic mass is 32.2. The molecular formula is C15H18N2O6S. The van der Waals surface area contributed by atoms with Gasteiger partial charge in [0, 0.05) is 12.1 Å². The number of nitrogens with zero attached hydrogens (tertiary/aromatic N) is 1. The SMILES string of the molecule is CCN1C(=O)c2ccc(C(=O)N[C@@H](C(=O)O)C(C)C)cc2S1(=O)=O. The molecule has 2 amide bonds. The fraction of sp³-hybridized carbons (Fsp3) is 0.400. The molecule has 0 unspecified atom stereocenters. The van der Waals surface area contributed by atoms with Crippen LogP contribution in [0.3, 0.4) is 0 Å². The lowest BCUT2D eigenvalue weighted by Crippen LogP contribution is -2.44. The van der Waals surface area contributed by atoms with Crippen LogP contribution >= 0.6 is 0 Å². The third-order valence-electron chi connectivity index (χ3n) is 3.78. The van der Waals surface area contributed by atoms with E-state index in [0.29, 0.717) is 0 Å². The molecule has 2 N–H and O–H groups in total. The number of carbonyl (C=O) groups excluding carboxylic acids is 2. The average molecular weight is 354 g/mol. The van der Waals surface area contributed by atoms with Crippen molar-refractivity contribution >= 4 is 27.8 Å². The second kappa shape index (κ2) is 6.23. The number of fused-ring (bicyclic) bond motifs is 1. The summed E-state index contributed by atoms with van der Waals surface area (Å²) in [4.78, 5) is 35.2. The summed E-state index contributed by atoms with van der Waals surface area (Å²) in [6.07, 6.45) is 0. The van der Waals surface area contributed by atoms with Crippen molar-refractivity contribution in [2.24, 2.45) is 5.92 Å². The third kappa shape index (κ3) is 2.86. The molecule has 0 bridgehead atoms. The standard InChI is InChI=1S/C15H18N2O6S/c1-4-17-14(19)10-6-5-9(7-11(10)24(17,22)23)13(18)16-12(8(2)3)15(20)21/h5-8,12H,4H2,1-3H3,(H,16,18)(H,20,21)/t12-/m1/s1. The molecular weight excluding hydrogens is 336 g/mol. The van der Waals surface area contributed by atoms with Crippen LogP contribution in [0, 0.1) is 5.92 Å². The lowest BCUT2D eigenvalue weighted by atomic mass is 10.0. The molecule has 1 aliphatic heterocycles. The third-order valence-corrected chi connectivity index (χ3v) is 5.67. The summed E-state index contributed by atoms with van der Waals surface area (Å²) in [5.74, 6) is -2.87. The number of carboxylic acids is 1. The predicted octanol–water partition coefficient (Wildman–Crippen LogP) is 0.690. The summed E-state index contributed by atoms with van der Waals surface area (Å²) in [6.45, 7) is 4.81. The van der Waals surface area contributed by atoms with E-state index in [4.69, 9.17) is 5.11 Å². The van der Waals surface area contributed by atoms with Crippen molar-refractivity contribution in [2.45, 2.75) is 31.7 Å². The number of hydrogen-bond acceptors (Lipinski definition) is 5. The molecule has 1 aliphatic rings. The van der Waals surface area contributed by atoms with Crippen molar-refractivity contribution in [2.75, 3.05) is 6.54 Å². The van der Waals surface area contributed by atoms with E-state index in [9.17, 15) is 22.8 Å². The Labute approximate surface area is 139 Å². The van der Waals surface area contributed by atoms with Crippen LogP contribution < -0.4 is 5.32 Å². The molecule has 9 heteroatoms. The average Bonchev–Trinajstić information content (AvgIpc) is 2.69. The minimum atomic E-state index is -3.98. The molecule has 8 nitrogen and oxygen atoms in total. The van der Waals surface area contributed by atoms with Gasteiger partial charge in [0.05, 0.1) is 5.56 Å². The van der Waals surface area contributed by atoms with E-state index in [-0.39, 0.29) is 28.5 Å². The van der Waals surface area contributed by atoms with Crippen molar-refractivity contribution < 1.29 is 27.9 Å². The number of aliphatic carboxylic acids is 1. The first kappa shape index (κ1) is 17.9. The molecule has 1 aromatic carbocycles. The molecule has 0 aliphatic carbocycles. The van der Waals surface area contributed by atoms with Gasteiger partial charge in [0.15, 0.2) is 0 Å². The summed E-state index contributed by atoms with van der Waals surface area (Å²) in [5, 5.41) is 11.5. The molecule has 0 saturated carbocycles. The quantitative estimate of drug-likeness (QED) is 0.802. The van der Waals surface area contributed by atoms with Crippen molar-refractivity contribution in [3.8, 4) is 0 Å². The first-order valence-corrected chi connectivity index (χ1v) is 8.80. The number of carbonyl (C=O) groups is 3. The fourth-order valence-corrected chi connectivity index (χ4v) is 4.07. The number of sulfonamides is 1. The molecule has 0 spiro atoms. The largest absolute Gasteiger partial charge is 0.480 e. The van der Waals surface area contributed by atoms with Gasteiger partial charge in [-0.15, -0.1) is 0 Å². The van der Waals surface area contributed by atoms with Crippen molar-refractivity contribution in [3.63, 3.8) is 0 Å². The van der Waals surface area contributed by atoms with Crippen molar-refractivity contribution in [1.29, 1.82) is 0 Å². The number of amides is 2. The monoisotopic (exact) mass is 354 g/mol. The van der Waals surface area contributed by atoms with E-state index in [1.807, 2.05) is 0 Å². The van der Waals surface area contributed by atoms with Gasteiger partial charge in [0.1, 0.15) is 10.9 Å². The summed E-state index contributed by atoms with van der Waals surface area (Å²) in [6, 6.07) is 2.58. The zero-order valence-corrected chi connectivity index (χ0v) is 14.3. The minimum Gasteiger partial charge on any atom is -0.480 e. The Bertz CT molecular complexity index is 815. The highest BCUT2D eigenvalue weighted by Crippen LogP contribution is 2.30. The van der Waals surface area contributed by atoms with Gasteiger partial charge in [-0.2, -0.15) is 0 Å². The van der Waals surface area contributed by atoms with E-state index < -0.39 is 33.8 Å². The topological polar surface area (TPSA) is 121 Å². The van der Waals surface area contributed by atoms with E-state index in [2.05, 4.69) is 5.32 Å².